The fourth-order valence-corrected chi connectivity index (χ4v) is 12.1. The van der Waals surface area contributed by atoms with Gasteiger partial charge in [-0.3, -0.25) is 0 Å². The Morgan fingerprint density at radius 1 is 0.886 bits per heavy atom. The van der Waals surface area contributed by atoms with E-state index in [1.54, 1.807) is 11.1 Å². The molecule has 6 heteroatoms. The molecule has 4 aliphatic rings. The first-order valence-electron chi connectivity index (χ1n) is 18.2. The largest absolute Gasteiger partial charge is 0.501 e. The zero-order chi connectivity index (χ0) is 32.1. The summed E-state index contributed by atoms with van der Waals surface area (Å²) in [6.45, 7) is 22.6. The number of ether oxygens (including phenoxy) is 1. The van der Waals surface area contributed by atoms with E-state index in [2.05, 4.69) is 65.8 Å². The molecule has 0 bridgehead atoms. The van der Waals surface area contributed by atoms with Crippen LogP contribution >= 0.6 is 0 Å². The van der Waals surface area contributed by atoms with Gasteiger partial charge >= 0.3 is 8.80 Å². The van der Waals surface area contributed by atoms with Crippen molar-refractivity contribution in [2.45, 2.75) is 132 Å². The van der Waals surface area contributed by atoms with Crippen molar-refractivity contribution in [3.63, 3.8) is 0 Å². The fraction of sp³-hybridized carbons (Fsp3) is 0.842. The molecule has 44 heavy (non-hydrogen) atoms. The topological polar surface area (TPSA) is 57.2 Å². The van der Waals surface area contributed by atoms with Crippen LogP contribution in [0.2, 0.25) is 6.04 Å². The molecule has 3 fully saturated rings. The van der Waals surface area contributed by atoms with Crippen LogP contribution in [0, 0.1) is 46.3 Å². The zero-order valence-electron chi connectivity index (χ0n) is 29.7. The molecule has 4 rings (SSSR count). The Bertz CT molecular complexity index is 1000. The quantitative estimate of drug-likeness (QED) is 0.136. The lowest BCUT2D eigenvalue weighted by Crippen LogP contribution is -2.47. The minimum absolute atomic E-state index is 0.178. The van der Waals surface area contributed by atoms with Crippen LogP contribution in [-0.2, 0) is 18.0 Å². The maximum atomic E-state index is 10.8. The Labute approximate surface area is 271 Å². The highest BCUT2D eigenvalue weighted by Gasteiger charge is 2.57. The van der Waals surface area contributed by atoms with Crippen LogP contribution in [0.4, 0.5) is 0 Å². The van der Waals surface area contributed by atoms with Gasteiger partial charge in [0.15, 0.2) is 0 Å². The number of aliphatic hydroxyl groups excluding tert-OH is 1. The summed E-state index contributed by atoms with van der Waals surface area (Å²) in [4.78, 5) is 0. The molecule has 0 aliphatic heterocycles. The van der Waals surface area contributed by atoms with Crippen LogP contribution < -0.4 is 0 Å². The van der Waals surface area contributed by atoms with E-state index in [0.717, 1.165) is 24.7 Å². The molecular weight excluding hydrogens is 564 g/mol. The van der Waals surface area contributed by atoms with Crippen molar-refractivity contribution in [1.82, 2.24) is 0 Å². The molecule has 0 aromatic carbocycles. The minimum atomic E-state index is -2.75. The molecule has 5 nitrogen and oxygen atoms in total. The third-order valence-electron chi connectivity index (χ3n) is 12.4. The summed E-state index contributed by atoms with van der Waals surface area (Å²) < 4.78 is 24.3. The highest BCUT2D eigenvalue weighted by atomic mass is 28.4. The molecule has 1 N–H and O–H groups in total. The summed E-state index contributed by atoms with van der Waals surface area (Å²) >= 11 is 0. The molecule has 252 valence electrons. The SMILES string of the molecule is CCO[Si](CCC(O)CO[C@H]1CC[C@@]2(C)C(=CC=C3[C@@H]4CC[C@H]([C@H](C)/C=C/[C@@H](C)C(C)C)[C@@]4(C)CC[C@@H]32)C1)(OCC)OCC. The van der Waals surface area contributed by atoms with Gasteiger partial charge in [-0.05, 0) is 118 Å². The van der Waals surface area contributed by atoms with Crippen molar-refractivity contribution in [1.29, 1.82) is 0 Å². The van der Waals surface area contributed by atoms with Crippen LogP contribution in [0.3, 0.4) is 0 Å². The average molecular weight is 631 g/mol. The lowest BCUT2D eigenvalue weighted by Gasteiger charge is -2.55. The van der Waals surface area contributed by atoms with Gasteiger partial charge in [0.05, 0.1) is 18.8 Å². The van der Waals surface area contributed by atoms with E-state index in [1.807, 2.05) is 20.8 Å². The molecule has 0 radical (unpaired) electrons. The Morgan fingerprint density at radius 3 is 2.20 bits per heavy atom. The Morgan fingerprint density at radius 2 is 1.57 bits per heavy atom. The molecule has 0 heterocycles. The van der Waals surface area contributed by atoms with Crippen molar-refractivity contribution < 1.29 is 23.1 Å². The molecule has 4 aliphatic carbocycles. The molecular formula is C38H66O5Si. The van der Waals surface area contributed by atoms with Crippen LogP contribution in [-0.4, -0.2) is 52.5 Å². The summed E-state index contributed by atoms with van der Waals surface area (Å²) in [5.74, 6) is 4.17. The van der Waals surface area contributed by atoms with Crippen molar-refractivity contribution in [2.75, 3.05) is 26.4 Å². The third kappa shape index (κ3) is 7.68. The van der Waals surface area contributed by atoms with Crippen molar-refractivity contribution in [3.05, 3.63) is 35.5 Å². The summed E-state index contributed by atoms with van der Waals surface area (Å²) in [5.41, 5.74) is 4.00. The number of hydrogen-bond acceptors (Lipinski definition) is 5. The van der Waals surface area contributed by atoms with Gasteiger partial charge in [0.25, 0.3) is 0 Å². The van der Waals surface area contributed by atoms with Crippen molar-refractivity contribution in [2.24, 2.45) is 46.3 Å². The van der Waals surface area contributed by atoms with Crippen molar-refractivity contribution in [3.8, 4) is 0 Å². The Kier molecular flexibility index (Phi) is 12.6. The second-order valence-corrected chi connectivity index (χ2v) is 18.1. The highest BCUT2D eigenvalue weighted by molar-refractivity contribution is 6.60. The van der Waals surface area contributed by atoms with Gasteiger partial charge in [-0.25, -0.2) is 0 Å². The Balaban J connectivity index is 1.36. The number of rotatable bonds is 16. The van der Waals surface area contributed by atoms with E-state index in [0.29, 0.717) is 68.0 Å². The molecule has 0 spiro atoms. The summed E-state index contributed by atoms with van der Waals surface area (Å²) in [5, 5.41) is 10.8. The smallest absolute Gasteiger partial charge is 0.391 e. The number of fused-ring (bicyclic) bond motifs is 5. The van der Waals surface area contributed by atoms with E-state index in [4.69, 9.17) is 18.0 Å². The number of allylic oxidation sites excluding steroid dienone is 5. The molecule has 3 saturated carbocycles. The van der Waals surface area contributed by atoms with Crippen LogP contribution in [0.1, 0.15) is 114 Å². The molecule has 9 atom stereocenters. The van der Waals surface area contributed by atoms with E-state index in [-0.39, 0.29) is 11.5 Å². The van der Waals surface area contributed by atoms with Crippen LogP contribution in [0.5, 0.6) is 0 Å². The maximum absolute atomic E-state index is 10.8. The Hall–Kier alpha value is -0.763. The minimum Gasteiger partial charge on any atom is -0.391 e. The monoisotopic (exact) mass is 630 g/mol. The van der Waals surface area contributed by atoms with Crippen molar-refractivity contribution >= 4 is 8.80 Å². The normalized spacial score (nSPS) is 34.2. The number of aliphatic hydroxyl groups is 1. The average Bonchev–Trinajstić information content (AvgIpc) is 3.35. The molecule has 0 aromatic heterocycles. The molecule has 0 amide bonds. The highest BCUT2D eigenvalue weighted by Crippen LogP contribution is 2.66. The van der Waals surface area contributed by atoms with Crippen LogP contribution in [0.25, 0.3) is 0 Å². The van der Waals surface area contributed by atoms with Gasteiger partial charge in [0, 0.05) is 25.9 Å². The summed E-state index contributed by atoms with van der Waals surface area (Å²) in [6.07, 6.45) is 18.9. The lowest BCUT2D eigenvalue weighted by molar-refractivity contribution is -0.0363. The number of hydrogen-bond donors (Lipinski definition) is 1. The first-order chi connectivity index (χ1) is 20.9. The first-order valence-corrected chi connectivity index (χ1v) is 20.2. The zero-order valence-corrected chi connectivity index (χ0v) is 30.7. The lowest BCUT2D eigenvalue weighted by atomic mass is 9.50. The molecule has 0 saturated heterocycles. The predicted molar refractivity (Wildman–Crippen MR) is 183 cm³/mol. The van der Waals surface area contributed by atoms with Gasteiger partial charge in [-0.15, -0.1) is 0 Å². The summed E-state index contributed by atoms with van der Waals surface area (Å²) in [7, 11) is -2.75. The van der Waals surface area contributed by atoms with E-state index < -0.39 is 14.9 Å². The van der Waals surface area contributed by atoms with Crippen LogP contribution in [0.15, 0.2) is 35.5 Å². The van der Waals surface area contributed by atoms with E-state index in [1.165, 1.54) is 32.1 Å². The van der Waals surface area contributed by atoms with Gasteiger partial charge in [0.1, 0.15) is 0 Å². The van der Waals surface area contributed by atoms with Gasteiger partial charge in [-0.1, -0.05) is 77.0 Å². The molecule has 0 aromatic rings. The van der Waals surface area contributed by atoms with Gasteiger partial charge in [0.2, 0.25) is 0 Å². The van der Waals surface area contributed by atoms with Gasteiger partial charge in [-0.2, -0.15) is 0 Å². The second kappa shape index (κ2) is 15.4. The second-order valence-electron chi connectivity index (χ2n) is 15.3. The first kappa shape index (κ1) is 36.1. The molecule has 1 unspecified atom stereocenters. The maximum Gasteiger partial charge on any atom is 0.501 e. The van der Waals surface area contributed by atoms with Gasteiger partial charge < -0.3 is 23.1 Å². The van der Waals surface area contributed by atoms with E-state index in [9.17, 15) is 5.11 Å². The third-order valence-corrected chi connectivity index (χ3v) is 15.5. The van der Waals surface area contributed by atoms with E-state index >= 15 is 0 Å². The standard InChI is InChI=1S/C38H66O5Si/c1-10-41-44(42-11-2,43-12-3)24-21-31(39)26-40-32-19-22-37(8)30(25-32)15-16-33-35-18-17-34(38(35,9)23-20-36(33)37)29(7)14-13-28(6)27(4)5/h13-16,27-29,31-32,34-36,39H,10-12,17-26H2,1-9H3/b14-13+/t28-,29-,31?,32+,34-,35+,36+,37+,38-/m1/s1. The predicted octanol–water partition coefficient (Wildman–Crippen LogP) is 9.15. The summed E-state index contributed by atoms with van der Waals surface area (Å²) in [6, 6.07) is 0.614. The fourth-order valence-electron chi connectivity index (χ4n) is 9.40.